The molecule has 0 aromatic carbocycles. The van der Waals surface area contributed by atoms with Crippen LogP contribution < -0.4 is 0 Å². The Bertz CT molecular complexity index is 996. The standard InChI is InChI=1S/C19H27N9O5S/c1-34(30,31)19-22-15-17(16-23-19)5-3-2-4-6-18(29)28(9-13-32-11-7-24-26-20)10-14-33-12-8-25-27-21/h15-16H,2,4,6-14H2,1H3. The van der Waals surface area contributed by atoms with E-state index in [1.54, 1.807) is 4.90 Å². The van der Waals surface area contributed by atoms with Crippen molar-refractivity contribution in [3.8, 4) is 11.8 Å². The Morgan fingerprint density at radius 2 is 1.62 bits per heavy atom. The van der Waals surface area contributed by atoms with Gasteiger partial charge in [-0.3, -0.25) is 4.79 Å². The molecule has 0 bridgehead atoms. The van der Waals surface area contributed by atoms with Crippen LogP contribution in [0.2, 0.25) is 0 Å². The molecule has 1 amide bonds. The van der Waals surface area contributed by atoms with Crippen LogP contribution in [0.15, 0.2) is 27.8 Å². The molecule has 15 heteroatoms. The van der Waals surface area contributed by atoms with Crippen molar-refractivity contribution in [2.75, 3.05) is 58.9 Å². The summed E-state index contributed by atoms with van der Waals surface area (Å²) in [6.07, 6.45) is 4.97. The number of rotatable bonds is 16. The fourth-order valence-corrected chi connectivity index (χ4v) is 2.93. The van der Waals surface area contributed by atoms with Crippen molar-refractivity contribution >= 4 is 15.7 Å². The zero-order chi connectivity index (χ0) is 25.1. The summed E-state index contributed by atoms with van der Waals surface area (Å²) < 4.78 is 33.5. The molecule has 14 nitrogen and oxygen atoms in total. The largest absolute Gasteiger partial charge is 0.379 e. The van der Waals surface area contributed by atoms with Gasteiger partial charge in [0, 0.05) is 67.5 Å². The van der Waals surface area contributed by atoms with Crippen LogP contribution in [0.25, 0.3) is 20.9 Å². The molecule has 0 unspecified atom stereocenters. The Kier molecular flexibility index (Phi) is 14.4. The molecule has 0 aliphatic rings. The van der Waals surface area contributed by atoms with Crippen molar-refractivity contribution in [2.24, 2.45) is 10.2 Å². The number of sulfone groups is 1. The van der Waals surface area contributed by atoms with E-state index in [-0.39, 0.29) is 57.0 Å². The van der Waals surface area contributed by atoms with E-state index in [0.717, 1.165) is 6.26 Å². The second kappa shape index (κ2) is 17.1. The Labute approximate surface area is 197 Å². The number of carbonyl (C=O) groups excluding carboxylic acids is 1. The summed E-state index contributed by atoms with van der Waals surface area (Å²) in [5.74, 6) is 5.68. The lowest BCUT2D eigenvalue weighted by molar-refractivity contribution is -0.132. The first-order valence-electron chi connectivity index (χ1n) is 10.3. The average Bonchev–Trinajstić information content (AvgIpc) is 2.81. The van der Waals surface area contributed by atoms with Crippen LogP contribution in [0.4, 0.5) is 0 Å². The molecule has 1 aromatic heterocycles. The molecular weight excluding hydrogens is 466 g/mol. The van der Waals surface area contributed by atoms with Crippen LogP contribution in [0.5, 0.6) is 0 Å². The first-order valence-corrected chi connectivity index (χ1v) is 12.2. The van der Waals surface area contributed by atoms with Gasteiger partial charge in [-0.05, 0) is 17.5 Å². The fraction of sp³-hybridized carbons (Fsp3) is 0.632. The molecule has 0 radical (unpaired) electrons. The second-order valence-electron chi connectivity index (χ2n) is 6.70. The lowest BCUT2D eigenvalue weighted by Gasteiger charge is -2.22. The van der Waals surface area contributed by atoms with E-state index in [0.29, 0.717) is 31.5 Å². The molecule has 1 heterocycles. The topological polar surface area (TPSA) is 196 Å². The number of hydrogen-bond donors (Lipinski definition) is 0. The third-order valence-corrected chi connectivity index (χ3v) is 4.92. The molecule has 0 N–H and O–H groups in total. The van der Waals surface area contributed by atoms with E-state index in [4.69, 9.17) is 20.5 Å². The smallest absolute Gasteiger partial charge is 0.246 e. The van der Waals surface area contributed by atoms with E-state index in [2.05, 4.69) is 41.9 Å². The monoisotopic (exact) mass is 493 g/mol. The van der Waals surface area contributed by atoms with Crippen LogP contribution in [0.1, 0.15) is 24.8 Å². The van der Waals surface area contributed by atoms with Gasteiger partial charge in [-0.25, -0.2) is 18.4 Å². The minimum absolute atomic E-state index is 0.0834. The highest BCUT2D eigenvalue weighted by Gasteiger charge is 2.13. The summed E-state index contributed by atoms with van der Waals surface area (Å²) in [4.78, 5) is 27.0. The lowest BCUT2D eigenvalue weighted by Crippen LogP contribution is -2.36. The molecule has 184 valence electrons. The van der Waals surface area contributed by atoms with E-state index in [9.17, 15) is 13.2 Å². The van der Waals surface area contributed by atoms with Crippen molar-refractivity contribution in [3.63, 3.8) is 0 Å². The van der Waals surface area contributed by atoms with Crippen LogP contribution in [-0.2, 0) is 24.1 Å². The Hall–Kier alpha value is -3.40. The van der Waals surface area contributed by atoms with Gasteiger partial charge in [0.1, 0.15) is 0 Å². The number of hydrogen-bond acceptors (Lipinski definition) is 9. The predicted octanol–water partition coefficient (Wildman–Crippen LogP) is 1.88. The summed E-state index contributed by atoms with van der Waals surface area (Å²) in [5.41, 5.74) is 17.0. The van der Waals surface area contributed by atoms with Crippen molar-refractivity contribution in [2.45, 2.75) is 24.4 Å². The Balaban J connectivity index is 2.47. The van der Waals surface area contributed by atoms with Gasteiger partial charge < -0.3 is 14.4 Å². The molecule has 34 heavy (non-hydrogen) atoms. The van der Waals surface area contributed by atoms with Crippen molar-refractivity contribution in [1.82, 2.24) is 14.9 Å². The quantitative estimate of drug-likeness (QED) is 0.0836. The molecule has 0 spiro atoms. The number of azide groups is 2. The highest BCUT2D eigenvalue weighted by atomic mass is 32.2. The maximum Gasteiger partial charge on any atom is 0.246 e. The summed E-state index contributed by atoms with van der Waals surface area (Å²) in [6, 6.07) is 0. The second-order valence-corrected chi connectivity index (χ2v) is 8.61. The molecule has 0 fully saturated rings. The van der Waals surface area contributed by atoms with Crippen molar-refractivity contribution < 1.29 is 22.7 Å². The zero-order valence-electron chi connectivity index (χ0n) is 18.9. The molecule has 1 rings (SSSR count). The average molecular weight is 494 g/mol. The summed E-state index contributed by atoms with van der Waals surface area (Å²) in [6.45, 7) is 2.23. The first-order chi connectivity index (χ1) is 16.4. The van der Waals surface area contributed by atoms with Crippen molar-refractivity contribution in [1.29, 1.82) is 0 Å². The molecular formula is C19H27N9O5S. The van der Waals surface area contributed by atoms with E-state index < -0.39 is 9.84 Å². The van der Waals surface area contributed by atoms with Crippen LogP contribution >= 0.6 is 0 Å². The maximum atomic E-state index is 12.6. The third kappa shape index (κ3) is 13.2. The minimum Gasteiger partial charge on any atom is -0.379 e. The lowest BCUT2D eigenvalue weighted by atomic mass is 10.2. The van der Waals surface area contributed by atoms with Crippen LogP contribution in [-0.4, -0.2) is 88.1 Å². The minimum atomic E-state index is -3.46. The number of carbonyl (C=O) groups is 1. The van der Waals surface area contributed by atoms with E-state index in [1.165, 1.54) is 12.4 Å². The van der Waals surface area contributed by atoms with Crippen LogP contribution in [0, 0.1) is 11.8 Å². The van der Waals surface area contributed by atoms with Gasteiger partial charge in [0.25, 0.3) is 0 Å². The van der Waals surface area contributed by atoms with Gasteiger partial charge in [0.15, 0.2) is 0 Å². The number of amides is 1. The predicted molar refractivity (Wildman–Crippen MR) is 122 cm³/mol. The van der Waals surface area contributed by atoms with Crippen LogP contribution in [0.3, 0.4) is 0 Å². The van der Waals surface area contributed by atoms with Gasteiger partial charge in [0.2, 0.25) is 20.9 Å². The van der Waals surface area contributed by atoms with Gasteiger partial charge in [-0.15, -0.1) is 0 Å². The molecule has 1 aromatic rings. The highest BCUT2D eigenvalue weighted by molar-refractivity contribution is 7.90. The van der Waals surface area contributed by atoms with E-state index in [1.807, 2.05) is 0 Å². The Morgan fingerprint density at radius 1 is 1.06 bits per heavy atom. The number of aromatic nitrogens is 2. The maximum absolute atomic E-state index is 12.6. The van der Waals surface area contributed by atoms with Gasteiger partial charge in [0.05, 0.1) is 32.0 Å². The number of ether oxygens (including phenoxy) is 2. The van der Waals surface area contributed by atoms with Gasteiger partial charge >= 0.3 is 0 Å². The van der Waals surface area contributed by atoms with Gasteiger partial charge in [-0.2, -0.15) is 0 Å². The number of unbranched alkanes of at least 4 members (excludes halogenated alkanes) is 1. The summed E-state index contributed by atoms with van der Waals surface area (Å²) in [7, 11) is -3.46. The third-order valence-electron chi connectivity index (χ3n) is 4.05. The molecule has 0 saturated heterocycles. The molecule has 0 atom stereocenters. The van der Waals surface area contributed by atoms with Gasteiger partial charge in [-0.1, -0.05) is 22.1 Å². The Morgan fingerprint density at radius 3 is 2.12 bits per heavy atom. The van der Waals surface area contributed by atoms with E-state index >= 15 is 0 Å². The summed E-state index contributed by atoms with van der Waals surface area (Å²) in [5, 5.41) is 6.50. The molecule has 0 saturated carbocycles. The SMILES string of the molecule is CS(=O)(=O)c1ncc(C#CCCCC(=O)N(CCOCCN=[N+]=[N-])CCOCCN=[N+]=[N-])cn1. The fourth-order valence-electron chi connectivity index (χ4n) is 2.44. The number of nitrogens with zero attached hydrogens (tertiary/aromatic N) is 9. The highest BCUT2D eigenvalue weighted by Crippen LogP contribution is 2.03. The zero-order valence-corrected chi connectivity index (χ0v) is 19.7. The summed E-state index contributed by atoms with van der Waals surface area (Å²) >= 11 is 0. The van der Waals surface area contributed by atoms with Crippen molar-refractivity contribution in [3.05, 3.63) is 38.8 Å². The molecule has 0 aliphatic carbocycles. The molecule has 0 aliphatic heterocycles. The normalized spacial score (nSPS) is 10.4. The first kappa shape index (κ1) is 28.6.